The minimum atomic E-state index is -3.89. The number of halogens is 1. The highest BCUT2D eigenvalue weighted by molar-refractivity contribution is 9.10. The molecule has 0 amide bonds. The first kappa shape index (κ1) is 15.2. The van der Waals surface area contributed by atoms with E-state index >= 15 is 0 Å². The van der Waals surface area contributed by atoms with Crippen molar-refractivity contribution in [1.29, 1.82) is 5.26 Å². The molecule has 0 bridgehead atoms. The largest absolute Gasteiger partial charge is 0.292 e. The van der Waals surface area contributed by atoms with Crippen LogP contribution in [-0.4, -0.2) is 18.4 Å². The Kier molecular flexibility index (Phi) is 4.37. The Morgan fingerprint density at radius 1 is 1.29 bits per heavy atom. The predicted molar refractivity (Wildman–Crippen MR) is 79.5 cm³/mol. The molecule has 1 aromatic heterocycles. The van der Waals surface area contributed by atoms with E-state index in [0.29, 0.717) is 4.47 Å². The van der Waals surface area contributed by atoms with Gasteiger partial charge in [-0.15, -0.1) is 0 Å². The molecule has 10 heteroatoms. The zero-order valence-electron chi connectivity index (χ0n) is 10.4. The van der Waals surface area contributed by atoms with Crippen LogP contribution < -0.4 is 16.0 Å². The number of hydrogen-bond donors (Lipinski definition) is 3. The lowest BCUT2D eigenvalue weighted by Crippen LogP contribution is -2.16. The normalized spacial score (nSPS) is 10.7. The number of nitrogens with zero attached hydrogens (tertiary/aromatic N) is 3. The Balaban J connectivity index is 2.35. The molecule has 0 aliphatic rings. The third-order valence-electron chi connectivity index (χ3n) is 2.41. The highest BCUT2D eigenvalue weighted by Crippen LogP contribution is 2.23. The van der Waals surface area contributed by atoms with E-state index in [9.17, 15) is 8.42 Å². The molecule has 0 fully saturated rings. The van der Waals surface area contributed by atoms with E-state index < -0.39 is 10.0 Å². The average molecular weight is 369 g/mol. The monoisotopic (exact) mass is 368 g/mol. The highest BCUT2D eigenvalue weighted by Gasteiger charge is 2.17. The zero-order chi connectivity index (χ0) is 15.5. The van der Waals surface area contributed by atoms with Crippen molar-refractivity contribution in [3.63, 3.8) is 0 Å². The molecule has 108 valence electrons. The molecule has 8 nitrogen and oxygen atoms in total. The van der Waals surface area contributed by atoms with Crippen LogP contribution in [0, 0.1) is 11.3 Å². The number of sulfonamides is 1. The summed E-state index contributed by atoms with van der Waals surface area (Å²) in [6, 6.07) is 6.53. The quantitative estimate of drug-likeness (QED) is 0.544. The van der Waals surface area contributed by atoms with E-state index in [1.807, 2.05) is 6.07 Å². The van der Waals surface area contributed by atoms with Gasteiger partial charge in [0.15, 0.2) is 0 Å². The van der Waals surface area contributed by atoms with Crippen molar-refractivity contribution in [3.8, 4) is 6.07 Å². The fourth-order valence-electron chi connectivity index (χ4n) is 1.43. The molecular weight excluding hydrogens is 360 g/mol. The van der Waals surface area contributed by atoms with Gasteiger partial charge >= 0.3 is 0 Å². The smallest absolute Gasteiger partial charge is 0.265 e. The van der Waals surface area contributed by atoms with Gasteiger partial charge in [-0.3, -0.25) is 10.1 Å². The first-order valence-corrected chi connectivity index (χ1v) is 7.75. The number of rotatable bonds is 4. The third kappa shape index (κ3) is 3.46. The molecule has 0 spiro atoms. The number of nitrogens with one attached hydrogen (secondary N) is 2. The minimum Gasteiger partial charge on any atom is -0.292 e. The van der Waals surface area contributed by atoms with Crippen LogP contribution in [0.25, 0.3) is 0 Å². The third-order valence-corrected chi connectivity index (χ3v) is 4.23. The van der Waals surface area contributed by atoms with Crippen LogP contribution in [0.1, 0.15) is 5.56 Å². The first-order chi connectivity index (χ1) is 9.96. The van der Waals surface area contributed by atoms with Crippen LogP contribution in [0.2, 0.25) is 0 Å². The predicted octanol–water partition coefficient (Wildman–Crippen LogP) is 1.20. The Morgan fingerprint density at radius 2 is 1.95 bits per heavy atom. The van der Waals surface area contributed by atoms with Crippen LogP contribution >= 0.6 is 15.9 Å². The molecule has 0 aliphatic heterocycles. The van der Waals surface area contributed by atoms with Gasteiger partial charge in [0, 0.05) is 4.47 Å². The number of nitrogen functional groups attached to an aromatic ring is 1. The topological polar surface area (TPSA) is 134 Å². The van der Waals surface area contributed by atoms with Crippen molar-refractivity contribution < 1.29 is 8.42 Å². The van der Waals surface area contributed by atoms with Crippen molar-refractivity contribution in [2.75, 3.05) is 10.1 Å². The van der Waals surface area contributed by atoms with Crippen LogP contribution in [0.4, 0.5) is 11.6 Å². The zero-order valence-corrected chi connectivity index (χ0v) is 12.8. The van der Waals surface area contributed by atoms with Crippen molar-refractivity contribution >= 4 is 37.6 Å². The molecule has 2 aromatic rings. The number of hydrogen-bond acceptors (Lipinski definition) is 7. The molecular formula is C11H9BrN6O2S. The maximum Gasteiger partial charge on any atom is 0.265 e. The van der Waals surface area contributed by atoms with Crippen molar-refractivity contribution in [1.82, 2.24) is 9.97 Å². The van der Waals surface area contributed by atoms with Crippen LogP contribution in [0.5, 0.6) is 0 Å². The van der Waals surface area contributed by atoms with E-state index in [1.165, 1.54) is 12.1 Å². The van der Waals surface area contributed by atoms with Crippen molar-refractivity contribution in [2.24, 2.45) is 5.84 Å². The van der Waals surface area contributed by atoms with E-state index in [-0.39, 0.29) is 22.1 Å². The Bertz CT molecular complexity index is 800. The SMILES string of the molecule is N#Cc1cc(Br)ccc1NS(=O)(=O)c1cnc(NN)nc1. The fraction of sp³-hybridized carbons (Fsp3) is 0. The summed E-state index contributed by atoms with van der Waals surface area (Å²) in [5, 5.41) is 9.03. The van der Waals surface area contributed by atoms with Gasteiger partial charge in [-0.1, -0.05) is 15.9 Å². The summed E-state index contributed by atoms with van der Waals surface area (Å²) >= 11 is 3.21. The number of anilines is 2. The Labute approximate surface area is 129 Å². The first-order valence-electron chi connectivity index (χ1n) is 5.47. The van der Waals surface area contributed by atoms with E-state index in [1.54, 1.807) is 6.07 Å². The highest BCUT2D eigenvalue weighted by atomic mass is 79.9. The molecule has 0 radical (unpaired) electrons. The summed E-state index contributed by atoms with van der Waals surface area (Å²) < 4.78 is 27.4. The van der Waals surface area contributed by atoms with Gasteiger partial charge in [-0.25, -0.2) is 24.2 Å². The standard InChI is InChI=1S/C11H9BrN6O2S/c12-8-1-2-10(7(3-8)4-13)18-21(19,20)9-5-15-11(17-14)16-6-9/h1-3,5-6,18H,14H2,(H,15,16,17). The average Bonchev–Trinajstić information content (AvgIpc) is 2.49. The van der Waals surface area contributed by atoms with E-state index in [0.717, 1.165) is 12.4 Å². The maximum absolute atomic E-state index is 12.2. The van der Waals surface area contributed by atoms with Gasteiger partial charge in [-0.05, 0) is 18.2 Å². The maximum atomic E-state index is 12.2. The molecule has 0 saturated carbocycles. The van der Waals surface area contributed by atoms with Gasteiger partial charge in [-0.2, -0.15) is 5.26 Å². The number of aromatic nitrogens is 2. The molecule has 0 atom stereocenters. The molecule has 1 heterocycles. The van der Waals surface area contributed by atoms with Crippen LogP contribution in [-0.2, 0) is 10.0 Å². The summed E-state index contributed by atoms with van der Waals surface area (Å²) in [6.45, 7) is 0. The number of nitrogens with two attached hydrogens (primary N) is 1. The fourth-order valence-corrected chi connectivity index (χ4v) is 2.76. The summed E-state index contributed by atoms with van der Waals surface area (Å²) in [7, 11) is -3.89. The lowest BCUT2D eigenvalue weighted by molar-refractivity contribution is 0.600. The van der Waals surface area contributed by atoms with Gasteiger partial charge < -0.3 is 0 Å². The second-order valence-electron chi connectivity index (χ2n) is 3.79. The molecule has 0 unspecified atom stereocenters. The molecule has 21 heavy (non-hydrogen) atoms. The number of hydrazine groups is 1. The molecule has 4 N–H and O–H groups in total. The van der Waals surface area contributed by atoms with E-state index in [2.05, 4.69) is 36.0 Å². The van der Waals surface area contributed by atoms with Crippen molar-refractivity contribution in [2.45, 2.75) is 4.90 Å². The van der Waals surface area contributed by atoms with Crippen molar-refractivity contribution in [3.05, 3.63) is 40.6 Å². The molecule has 0 saturated heterocycles. The van der Waals surface area contributed by atoms with Crippen LogP contribution in [0.3, 0.4) is 0 Å². The summed E-state index contributed by atoms with van der Waals surface area (Å²) in [6.07, 6.45) is 2.21. The minimum absolute atomic E-state index is 0.0929. The second-order valence-corrected chi connectivity index (χ2v) is 6.39. The summed E-state index contributed by atoms with van der Waals surface area (Å²) in [5.74, 6) is 5.20. The summed E-state index contributed by atoms with van der Waals surface area (Å²) in [4.78, 5) is 7.30. The van der Waals surface area contributed by atoms with Gasteiger partial charge in [0.05, 0.1) is 23.6 Å². The lowest BCUT2D eigenvalue weighted by Gasteiger charge is -2.09. The van der Waals surface area contributed by atoms with Gasteiger partial charge in [0.25, 0.3) is 10.0 Å². The van der Waals surface area contributed by atoms with Crippen LogP contribution in [0.15, 0.2) is 40.0 Å². The number of benzene rings is 1. The van der Waals surface area contributed by atoms with Gasteiger partial charge in [0.1, 0.15) is 11.0 Å². The number of nitriles is 1. The Morgan fingerprint density at radius 3 is 2.52 bits per heavy atom. The molecule has 0 aliphatic carbocycles. The lowest BCUT2D eigenvalue weighted by atomic mass is 10.2. The molecule has 1 aromatic carbocycles. The second kappa shape index (κ2) is 6.04. The summed E-state index contributed by atoms with van der Waals surface area (Å²) in [5.41, 5.74) is 2.55. The van der Waals surface area contributed by atoms with Gasteiger partial charge in [0.2, 0.25) is 5.95 Å². The Hall–Kier alpha value is -2.22. The molecule has 2 rings (SSSR count). The van der Waals surface area contributed by atoms with E-state index in [4.69, 9.17) is 11.1 Å².